The second-order valence-electron chi connectivity index (χ2n) is 6.05. The predicted molar refractivity (Wildman–Crippen MR) is 90.2 cm³/mol. The minimum Gasteiger partial charge on any atom is -0.325 e. The number of hydrogen-bond acceptors (Lipinski definition) is 3. The SMILES string of the molecule is CC(C)C(=O)Nc1cc(Cl)c(Cl)cc1SC(=O)C(C)(C)C. The first-order chi connectivity index (χ1) is 9.52. The lowest BCUT2D eigenvalue weighted by atomic mass is 10.00. The Hall–Kier alpha value is -0.710. The van der Waals surface area contributed by atoms with E-state index in [1.165, 1.54) is 0 Å². The van der Waals surface area contributed by atoms with Gasteiger partial charge >= 0.3 is 0 Å². The zero-order chi connectivity index (χ0) is 16.4. The Balaban J connectivity index is 3.14. The van der Waals surface area contributed by atoms with Crippen LogP contribution < -0.4 is 5.32 Å². The van der Waals surface area contributed by atoms with Crippen LogP contribution in [0, 0.1) is 11.3 Å². The van der Waals surface area contributed by atoms with Gasteiger partial charge in [0.2, 0.25) is 5.91 Å². The highest BCUT2D eigenvalue weighted by atomic mass is 35.5. The van der Waals surface area contributed by atoms with Crippen molar-refractivity contribution in [2.45, 2.75) is 39.5 Å². The molecule has 0 unspecified atom stereocenters. The van der Waals surface area contributed by atoms with Crippen molar-refractivity contribution in [3.63, 3.8) is 0 Å². The van der Waals surface area contributed by atoms with Gasteiger partial charge in [-0.1, -0.05) is 57.8 Å². The summed E-state index contributed by atoms with van der Waals surface area (Å²) in [5.41, 5.74) is 0.0153. The van der Waals surface area contributed by atoms with Gasteiger partial charge in [0, 0.05) is 16.2 Å². The van der Waals surface area contributed by atoms with E-state index < -0.39 is 5.41 Å². The van der Waals surface area contributed by atoms with E-state index in [2.05, 4.69) is 5.32 Å². The third-order valence-electron chi connectivity index (χ3n) is 2.62. The fraction of sp³-hybridized carbons (Fsp3) is 0.467. The van der Waals surface area contributed by atoms with Gasteiger partial charge in [0.05, 0.1) is 15.7 Å². The Bertz CT molecular complexity index is 566. The summed E-state index contributed by atoms with van der Waals surface area (Å²) in [7, 11) is 0. The molecule has 0 radical (unpaired) electrons. The molecule has 6 heteroatoms. The van der Waals surface area contributed by atoms with Crippen LogP contribution in [0.25, 0.3) is 0 Å². The Kier molecular flexibility index (Phi) is 6.14. The highest BCUT2D eigenvalue weighted by Gasteiger charge is 2.24. The van der Waals surface area contributed by atoms with Crippen LogP contribution in [-0.2, 0) is 9.59 Å². The highest BCUT2D eigenvalue weighted by Crippen LogP contribution is 2.38. The van der Waals surface area contributed by atoms with Gasteiger partial charge in [-0.3, -0.25) is 9.59 Å². The fourth-order valence-electron chi connectivity index (χ4n) is 1.24. The largest absolute Gasteiger partial charge is 0.325 e. The summed E-state index contributed by atoms with van der Waals surface area (Å²) in [6, 6.07) is 3.18. The molecule has 0 aliphatic carbocycles. The molecule has 116 valence electrons. The molecule has 0 saturated carbocycles. The van der Waals surface area contributed by atoms with Crippen LogP contribution in [-0.4, -0.2) is 11.0 Å². The molecule has 0 aromatic heterocycles. The van der Waals surface area contributed by atoms with E-state index in [9.17, 15) is 9.59 Å². The Labute approximate surface area is 139 Å². The van der Waals surface area contributed by atoms with Gasteiger partial charge < -0.3 is 5.32 Å². The summed E-state index contributed by atoms with van der Waals surface area (Å²) in [6.07, 6.45) is 0. The second kappa shape index (κ2) is 7.03. The van der Waals surface area contributed by atoms with Crippen LogP contribution in [0.1, 0.15) is 34.6 Å². The first-order valence-electron chi connectivity index (χ1n) is 6.54. The van der Waals surface area contributed by atoms with Gasteiger partial charge in [0.25, 0.3) is 0 Å². The summed E-state index contributed by atoms with van der Waals surface area (Å²) in [6.45, 7) is 9.10. The molecule has 0 saturated heterocycles. The van der Waals surface area contributed by atoms with E-state index in [0.29, 0.717) is 20.6 Å². The molecule has 0 aliphatic rings. The number of anilines is 1. The topological polar surface area (TPSA) is 46.2 Å². The van der Waals surface area contributed by atoms with E-state index in [0.717, 1.165) is 11.8 Å². The molecule has 1 rings (SSSR count). The van der Waals surface area contributed by atoms with Crippen molar-refractivity contribution in [3.05, 3.63) is 22.2 Å². The maximum absolute atomic E-state index is 12.2. The zero-order valence-corrected chi connectivity index (χ0v) is 15.0. The third-order valence-corrected chi connectivity index (χ3v) is 4.70. The molecule has 0 spiro atoms. The summed E-state index contributed by atoms with van der Waals surface area (Å²) in [5.74, 6) is -0.311. The highest BCUT2D eigenvalue weighted by molar-refractivity contribution is 8.13. The Morgan fingerprint density at radius 1 is 1.14 bits per heavy atom. The number of hydrogen-bond donors (Lipinski definition) is 1. The number of amides is 1. The molecule has 1 amide bonds. The number of halogens is 2. The lowest BCUT2D eigenvalue weighted by Gasteiger charge is -2.18. The molecular weight excluding hydrogens is 329 g/mol. The van der Waals surface area contributed by atoms with E-state index >= 15 is 0 Å². The lowest BCUT2D eigenvalue weighted by Crippen LogP contribution is -2.19. The first kappa shape index (κ1) is 18.3. The number of nitrogens with one attached hydrogen (secondary N) is 1. The average Bonchev–Trinajstić information content (AvgIpc) is 2.33. The van der Waals surface area contributed by atoms with Crippen LogP contribution in [0.3, 0.4) is 0 Å². The smallest absolute Gasteiger partial charge is 0.226 e. The molecule has 0 heterocycles. The summed E-state index contributed by atoms with van der Waals surface area (Å²) in [4.78, 5) is 24.6. The third kappa shape index (κ3) is 5.20. The molecular formula is C15H19Cl2NO2S. The van der Waals surface area contributed by atoms with Gasteiger partial charge in [-0.05, 0) is 23.9 Å². The van der Waals surface area contributed by atoms with Crippen molar-refractivity contribution in [2.24, 2.45) is 11.3 Å². The van der Waals surface area contributed by atoms with Crippen molar-refractivity contribution in [3.8, 4) is 0 Å². The van der Waals surface area contributed by atoms with Crippen molar-refractivity contribution >= 4 is 51.7 Å². The molecule has 0 aliphatic heterocycles. The van der Waals surface area contributed by atoms with Gasteiger partial charge in [0.15, 0.2) is 5.12 Å². The fourth-order valence-corrected chi connectivity index (χ4v) is 2.54. The van der Waals surface area contributed by atoms with Gasteiger partial charge in [-0.2, -0.15) is 0 Å². The van der Waals surface area contributed by atoms with E-state index in [1.807, 2.05) is 20.8 Å². The Morgan fingerprint density at radius 2 is 1.67 bits per heavy atom. The predicted octanol–water partition coefficient (Wildman–Crippen LogP) is 5.25. The van der Waals surface area contributed by atoms with Crippen LogP contribution in [0.2, 0.25) is 10.0 Å². The maximum Gasteiger partial charge on any atom is 0.226 e. The second-order valence-corrected chi connectivity index (χ2v) is 7.88. The summed E-state index contributed by atoms with van der Waals surface area (Å²) >= 11 is 13.1. The van der Waals surface area contributed by atoms with Crippen LogP contribution in [0.4, 0.5) is 5.69 Å². The van der Waals surface area contributed by atoms with Gasteiger partial charge in [0.1, 0.15) is 0 Å². The molecule has 1 N–H and O–H groups in total. The van der Waals surface area contributed by atoms with Crippen LogP contribution in [0.5, 0.6) is 0 Å². The first-order valence-corrected chi connectivity index (χ1v) is 8.11. The summed E-state index contributed by atoms with van der Waals surface area (Å²) in [5, 5.41) is 3.45. The number of rotatable bonds is 3. The molecule has 3 nitrogen and oxygen atoms in total. The quantitative estimate of drug-likeness (QED) is 0.759. The minimum atomic E-state index is -0.490. The monoisotopic (exact) mass is 347 g/mol. The number of carbonyl (C=O) groups is 2. The molecule has 0 fully saturated rings. The van der Waals surface area contributed by atoms with Crippen molar-refractivity contribution in [1.29, 1.82) is 0 Å². The van der Waals surface area contributed by atoms with E-state index in [4.69, 9.17) is 23.2 Å². The molecule has 21 heavy (non-hydrogen) atoms. The van der Waals surface area contributed by atoms with Gasteiger partial charge in [-0.15, -0.1) is 0 Å². The summed E-state index contributed by atoms with van der Waals surface area (Å²) < 4.78 is 0. The van der Waals surface area contributed by atoms with E-state index in [-0.39, 0.29) is 16.9 Å². The van der Waals surface area contributed by atoms with E-state index in [1.54, 1.807) is 26.0 Å². The van der Waals surface area contributed by atoms with Crippen LogP contribution in [0.15, 0.2) is 17.0 Å². The van der Waals surface area contributed by atoms with Crippen molar-refractivity contribution < 1.29 is 9.59 Å². The van der Waals surface area contributed by atoms with Gasteiger partial charge in [-0.25, -0.2) is 0 Å². The number of carbonyl (C=O) groups excluding carboxylic acids is 2. The molecule has 0 bridgehead atoms. The number of thioether (sulfide) groups is 1. The normalized spacial score (nSPS) is 11.6. The lowest BCUT2D eigenvalue weighted by molar-refractivity contribution is -0.119. The van der Waals surface area contributed by atoms with Crippen LogP contribution >= 0.6 is 35.0 Å². The molecule has 1 aromatic carbocycles. The average molecular weight is 348 g/mol. The maximum atomic E-state index is 12.2. The minimum absolute atomic E-state index is 0.0130. The number of benzene rings is 1. The van der Waals surface area contributed by atoms with Crippen molar-refractivity contribution in [2.75, 3.05) is 5.32 Å². The molecule has 1 aromatic rings. The standard InChI is InChI=1S/C15H19Cl2NO2S/c1-8(2)13(19)18-11-6-9(16)10(17)7-12(11)21-14(20)15(3,4)5/h6-8H,1-5H3,(H,18,19). The Morgan fingerprint density at radius 3 is 2.14 bits per heavy atom. The van der Waals surface area contributed by atoms with Crippen molar-refractivity contribution in [1.82, 2.24) is 0 Å². The molecule has 0 atom stereocenters. The zero-order valence-electron chi connectivity index (χ0n) is 12.7.